The number of carbonyl (C=O) groups is 1. The van der Waals surface area contributed by atoms with E-state index in [9.17, 15) is 4.79 Å². The molecular formula is C24H38ClN3O3. The summed E-state index contributed by atoms with van der Waals surface area (Å²) in [6, 6.07) is 6.88. The number of morpholine rings is 1. The Morgan fingerprint density at radius 3 is 2.68 bits per heavy atom. The minimum absolute atomic E-state index is 0. The predicted molar refractivity (Wildman–Crippen MR) is 125 cm³/mol. The van der Waals surface area contributed by atoms with Crippen molar-refractivity contribution < 1.29 is 14.3 Å². The standard InChI is InChI=1S/C24H37N3O3.ClH/c1-3-27(18(2)16-19-4-5-22-21(17-19)8-13-30-22)23(20-6-9-25-10-7-20)24(28)26-11-14-29-15-12-26;/h4-5,17-18,20,23,25H,3,6-16H2,1-2H3;1H. The lowest BCUT2D eigenvalue weighted by molar-refractivity contribution is -0.144. The molecule has 174 valence electrons. The zero-order chi connectivity index (χ0) is 20.9. The third kappa shape index (κ3) is 5.72. The Bertz CT molecular complexity index is 720. The van der Waals surface area contributed by atoms with Crippen molar-refractivity contribution in [2.45, 2.75) is 51.6 Å². The van der Waals surface area contributed by atoms with Gasteiger partial charge in [-0.2, -0.15) is 0 Å². The number of carbonyl (C=O) groups excluding carboxylic acids is 1. The third-order valence-corrected chi connectivity index (χ3v) is 6.98. The quantitative estimate of drug-likeness (QED) is 0.690. The number of ether oxygens (including phenoxy) is 2. The lowest BCUT2D eigenvalue weighted by Crippen LogP contribution is -2.58. The number of piperidine rings is 1. The number of hydrogen-bond donors (Lipinski definition) is 1. The molecule has 3 heterocycles. The van der Waals surface area contributed by atoms with E-state index in [4.69, 9.17) is 9.47 Å². The number of nitrogens with one attached hydrogen (secondary N) is 1. The number of fused-ring (bicyclic) bond motifs is 1. The largest absolute Gasteiger partial charge is 0.493 e. The monoisotopic (exact) mass is 451 g/mol. The van der Waals surface area contributed by atoms with Gasteiger partial charge in [-0.25, -0.2) is 0 Å². The van der Waals surface area contributed by atoms with Crippen LogP contribution in [0.15, 0.2) is 18.2 Å². The van der Waals surface area contributed by atoms with Gasteiger partial charge in [0.25, 0.3) is 0 Å². The SMILES string of the molecule is CCN(C(C)Cc1ccc2c(c1)CCO2)C(C(=O)N1CCOCC1)C1CCNCC1.Cl. The Balaban J connectivity index is 0.00000272. The first kappa shape index (κ1) is 24.3. The smallest absolute Gasteiger partial charge is 0.240 e. The van der Waals surface area contributed by atoms with Crippen molar-refractivity contribution in [1.29, 1.82) is 0 Å². The summed E-state index contributed by atoms with van der Waals surface area (Å²) in [6.45, 7) is 10.9. The van der Waals surface area contributed by atoms with Crippen LogP contribution in [0, 0.1) is 5.92 Å². The molecule has 1 aromatic carbocycles. The molecule has 6 nitrogen and oxygen atoms in total. The molecule has 2 atom stereocenters. The fourth-order valence-corrected chi connectivity index (χ4v) is 5.35. The Kier molecular flexibility index (Phi) is 9.02. The number of hydrogen-bond acceptors (Lipinski definition) is 5. The summed E-state index contributed by atoms with van der Waals surface area (Å²) in [6.07, 6.45) is 4.10. The molecule has 7 heteroatoms. The molecule has 0 saturated carbocycles. The summed E-state index contributed by atoms with van der Waals surface area (Å²) >= 11 is 0. The van der Waals surface area contributed by atoms with Crippen molar-refractivity contribution in [3.8, 4) is 5.75 Å². The maximum absolute atomic E-state index is 13.7. The maximum Gasteiger partial charge on any atom is 0.240 e. The van der Waals surface area contributed by atoms with Crippen LogP contribution in [0.5, 0.6) is 5.75 Å². The lowest BCUT2D eigenvalue weighted by Gasteiger charge is -2.43. The van der Waals surface area contributed by atoms with E-state index in [1.54, 1.807) is 0 Å². The second kappa shape index (κ2) is 11.5. The maximum atomic E-state index is 13.7. The number of halogens is 1. The molecule has 2 saturated heterocycles. The van der Waals surface area contributed by atoms with E-state index in [0.717, 1.165) is 70.8 Å². The van der Waals surface area contributed by atoms with Gasteiger partial charge in [0, 0.05) is 25.6 Å². The van der Waals surface area contributed by atoms with Gasteiger partial charge in [-0.15, -0.1) is 12.4 Å². The minimum atomic E-state index is -0.0389. The van der Waals surface area contributed by atoms with Gasteiger partial charge in [-0.05, 0) is 68.9 Å². The molecule has 0 aliphatic carbocycles. The molecule has 31 heavy (non-hydrogen) atoms. The van der Waals surface area contributed by atoms with Crippen LogP contribution >= 0.6 is 12.4 Å². The van der Waals surface area contributed by atoms with Crippen LogP contribution in [0.3, 0.4) is 0 Å². The van der Waals surface area contributed by atoms with Crippen LogP contribution in [0.4, 0.5) is 0 Å². The summed E-state index contributed by atoms with van der Waals surface area (Å²) in [7, 11) is 0. The number of nitrogens with zero attached hydrogens (tertiary/aromatic N) is 2. The summed E-state index contributed by atoms with van der Waals surface area (Å²) in [4.78, 5) is 18.2. The van der Waals surface area contributed by atoms with Gasteiger partial charge in [-0.3, -0.25) is 9.69 Å². The topological polar surface area (TPSA) is 54.0 Å². The van der Waals surface area contributed by atoms with Gasteiger partial charge in [0.15, 0.2) is 0 Å². The molecule has 1 aromatic rings. The second-order valence-electron chi connectivity index (χ2n) is 8.89. The predicted octanol–water partition coefficient (Wildman–Crippen LogP) is 2.52. The molecule has 0 aromatic heterocycles. The highest BCUT2D eigenvalue weighted by atomic mass is 35.5. The molecule has 0 radical (unpaired) electrons. The van der Waals surface area contributed by atoms with Gasteiger partial charge >= 0.3 is 0 Å². The van der Waals surface area contributed by atoms with E-state index >= 15 is 0 Å². The number of benzene rings is 1. The van der Waals surface area contributed by atoms with Crippen molar-refractivity contribution in [3.05, 3.63) is 29.3 Å². The first-order valence-corrected chi connectivity index (χ1v) is 11.7. The normalized spacial score (nSPS) is 21.2. The highest BCUT2D eigenvalue weighted by molar-refractivity contribution is 5.85. The zero-order valence-corrected chi connectivity index (χ0v) is 19.8. The molecular weight excluding hydrogens is 414 g/mol. The van der Waals surface area contributed by atoms with Crippen LogP contribution < -0.4 is 10.1 Å². The van der Waals surface area contributed by atoms with Crippen molar-refractivity contribution in [1.82, 2.24) is 15.1 Å². The van der Waals surface area contributed by atoms with Crippen molar-refractivity contribution >= 4 is 18.3 Å². The van der Waals surface area contributed by atoms with Crippen LogP contribution in [0.25, 0.3) is 0 Å². The number of rotatable bonds is 7. The first-order valence-electron chi connectivity index (χ1n) is 11.7. The average molecular weight is 452 g/mol. The lowest BCUT2D eigenvalue weighted by atomic mass is 9.86. The molecule has 4 rings (SSSR count). The van der Waals surface area contributed by atoms with E-state index < -0.39 is 0 Å². The van der Waals surface area contributed by atoms with Crippen molar-refractivity contribution in [2.75, 3.05) is 52.5 Å². The van der Waals surface area contributed by atoms with Crippen molar-refractivity contribution in [3.63, 3.8) is 0 Å². The summed E-state index contributed by atoms with van der Waals surface area (Å²) in [5, 5.41) is 3.46. The number of likely N-dealkylation sites (N-methyl/N-ethyl adjacent to an activating group) is 1. The van der Waals surface area contributed by atoms with Gasteiger partial charge < -0.3 is 19.7 Å². The second-order valence-corrected chi connectivity index (χ2v) is 8.89. The fourth-order valence-electron chi connectivity index (χ4n) is 5.35. The molecule has 1 amide bonds. The molecule has 2 unspecified atom stereocenters. The van der Waals surface area contributed by atoms with Crippen molar-refractivity contribution in [2.24, 2.45) is 5.92 Å². The van der Waals surface area contributed by atoms with E-state index in [-0.39, 0.29) is 18.4 Å². The van der Waals surface area contributed by atoms with E-state index in [0.29, 0.717) is 31.1 Å². The average Bonchev–Trinajstić information content (AvgIpc) is 3.26. The Labute approximate surface area is 193 Å². The van der Waals surface area contributed by atoms with Crippen LogP contribution in [-0.4, -0.2) is 80.3 Å². The van der Waals surface area contributed by atoms with Gasteiger partial charge in [0.2, 0.25) is 5.91 Å². The zero-order valence-electron chi connectivity index (χ0n) is 19.0. The highest BCUT2D eigenvalue weighted by Gasteiger charge is 2.38. The molecule has 0 bridgehead atoms. The summed E-state index contributed by atoms with van der Waals surface area (Å²) in [5.74, 6) is 1.76. The first-order chi connectivity index (χ1) is 14.7. The van der Waals surface area contributed by atoms with Gasteiger partial charge in [-0.1, -0.05) is 19.1 Å². The Morgan fingerprint density at radius 1 is 1.23 bits per heavy atom. The molecule has 3 aliphatic heterocycles. The third-order valence-electron chi connectivity index (χ3n) is 6.98. The highest BCUT2D eigenvalue weighted by Crippen LogP contribution is 2.29. The molecule has 0 spiro atoms. The fraction of sp³-hybridized carbons (Fsp3) is 0.708. The molecule has 3 aliphatic rings. The Morgan fingerprint density at radius 2 is 1.97 bits per heavy atom. The van der Waals surface area contributed by atoms with E-state index in [2.05, 4.69) is 42.3 Å². The summed E-state index contributed by atoms with van der Waals surface area (Å²) < 4.78 is 11.2. The van der Waals surface area contributed by atoms with Gasteiger partial charge in [0.05, 0.1) is 25.9 Å². The minimum Gasteiger partial charge on any atom is -0.493 e. The van der Waals surface area contributed by atoms with Crippen LogP contribution in [0.1, 0.15) is 37.8 Å². The summed E-state index contributed by atoms with van der Waals surface area (Å²) in [5.41, 5.74) is 2.66. The van der Waals surface area contributed by atoms with Gasteiger partial charge in [0.1, 0.15) is 5.75 Å². The Hall–Kier alpha value is -1.34. The number of amides is 1. The molecule has 2 fully saturated rings. The van der Waals surface area contributed by atoms with E-state index in [1.165, 1.54) is 11.1 Å². The van der Waals surface area contributed by atoms with E-state index in [1.807, 2.05) is 4.90 Å². The van der Waals surface area contributed by atoms with Crippen LogP contribution in [-0.2, 0) is 22.4 Å². The van der Waals surface area contributed by atoms with Crippen LogP contribution in [0.2, 0.25) is 0 Å². The molecule has 1 N–H and O–H groups in total.